The highest BCUT2D eigenvalue weighted by atomic mass is 16.5. The van der Waals surface area contributed by atoms with E-state index < -0.39 is 11.6 Å². The van der Waals surface area contributed by atoms with E-state index in [0.717, 1.165) is 23.3 Å². The van der Waals surface area contributed by atoms with Crippen molar-refractivity contribution in [2.45, 2.75) is 96.5 Å². The molecule has 0 spiro atoms. The van der Waals surface area contributed by atoms with Crippen molar-refractivity contribution < 1.29 is 19.7 Å². The molecule has 4 heteroatoms. The Balaban J connectivity index is 1.69. The number of aliphatic carboxylic acids is 1. The van der Waals surface area contributed by atoms with Crippen molar-refractivity contribution in [1.29, 1.82) is 0 Å². The Kier molecular flexibility index (Phi) is 4.99. The molecule has 2 aliphatic carbocycles. The van der Waals surface area contributed by atoms with Crippen LogP contribution in [0.4, 0.5) is 0 Å². The third-order valence-electron chi connectivity index (χ3n) is 8.50. The van der Waals surface area contributed by atoms with E-state index in [9.17, 15) is 15.0 Å². The summed E-state index contributed by atoms with van der Waals surface area (Å²) >= 11 is 0. The Bertz CT molecular complexity index is 899. The SMILES string of the molecule is CCCCCC1(C)CC1(C)c1cc(O)c2c(c1)OC(C)(C)C1CC=C(C(=O)O)C[C@@H]21. The van der Waals surface area contributed by atoms with Crippen LogP contribution in [0.1, 0.15) is 96.6 Å². The molecule has 3 aliphatic rings. The lowest BCUT2D eigenvalue weighted by atomic mass is 9.66. The van der Waals surface area contributed by atoms with Gasteiger partial charge in [0.2, 0.25) is 0 Å². The van der Waals surface area contributed by atoms with Gasteiger partial charge < -0.3 is 14.9 Å². The number of carboxylic acids is 1. The number of hydrogen-bond donors (Lipinski definition) is 2. The summed E-state index contributed by atoms with van der Waals surface area (Å²) in [4.78, 5) is 11.6. The summed E-state index contributed by atoms with van der Waals surface area (Å²) in [5, 5.41) is 20.6. The van der Waals surface area contributed by atoms with Gasteiger partial charge in [0.05, 0.1) is 0 Å². The van der Waals surface area contributed by atoms with Crippen molar-refractivity contribution in [2.24, 2.45) is 11.3 Å². The first-order valence-corrected chi connectivity index (χ1v) is 11.5. The van der Waals surface area contributed by atoms with Crippen LogP contribution >= 0.6 is 0 Å². The molecule has 4 atom stereocenters. The Morgan fingerprint density at radius 3 is 2.60 bits per heavy atom. The largest absolute Gasteiger partial charge is 0.508 e. The maximum absolute atomic E-state index is 11.6. The maximum Gasteiger partial charge on any atom is 0.331 e. The van der Waals surface area contributed by atoms with E-state index in [1.807, 2.05) is 12.1 Å². The van der Waals surface area contributed by atoms with E-state index in [2.05, 4.69) is 40.7 Å². The summed E-state index contributed by atoms with van der Waals surface area (Å²) in [6.07, 6.45) is 9.01. The normalized spacial score (nSPS) is 33.7. The van der Waals surface area contributed by atoms with Gasteiger partial charge in [-0.25, -0.2) is 4.79 Å². The van der Waals surface area contributed by atoms with Crippen LogP contribution in [0.15, 0.2) is 23.8 Å². The highest BCUT2D eigenvalue weighted by molar-refractivity contribution is 5.87. The molecule has 0 radical (unpaired) electrons. The van der Waals surface area contributed by atoms with Crippen molar-refractivity contribution in [1.82, 2.24) is 0 Å². The van der Waals surface area contributed by atoms with Crippen molar-refractivity contribution in [3.05, 3.63) is 34.9 Å². The van der Waals surface area contributed by atoms with E-state index in [-0.39, 0.29) is 28.4 Å². The van der Waals surface area contributed by atoms with Gasteiger partial charge >= 0.3 is 5.97 Å². The van der Waals surface area contributed by atoms with Crippen LogP contribution in [0.25, 0.3) is 0 Å². The third-order valence-corrected chi connectivity index (χ3v) is 8.50. The number of phenols is 1. The number of hydrogen-bond acceptors (Lipinski definition) is 3. The van der Waals surface area contributed by atoms with Crippen LogP contribution in [0.5, 0.6) is 11.5 Å². The second kappa shape index (κ2) is 7.03. The van der Waals surface area contributed by atoms with Gasteiger partial charge in [0, 0.05) is 23.0 Å². The number of aromatic hydroxyl groups is 1. The smallest absolute Gasteiger partial charge is 0.331 e. The quantitative estimate of drug-likeness (QED) is 0.537. The summed E-state index contributed by atoms with van der Waals surface area (Å²) in [7, 11) is 0. The van der Waals surface area contributed by atoms with Gasteiger partial charge in [-0.2, -0.15) is 0 Å². The molecule has 164 valence electrons. The first-order valence-electron chi connectivity index (χ1n) is 11.5. The van der Waals surface area contributed by atoms with Gasteiger partial charge in [-0.05, 0) is 68.1 Å². The summed E-state index contributed by atoms with van der Waals surface area (Å²) in [5.74, 6) is 0.275. The topological polar surface area (TPSA) is 66.8 Å². The predicted octanol–water partition coefficient (Wildman–Crippen LogP) is 6.32. The van der Waals surface area contributed by atoms with Crippen LogP contribution in [0, 0.1) is 11.3 Å². The van der Waals surface area contributed by atoms with E-state index in [4.69, 9.17) is 4.74 Å². The van der Waals surface area contributed by atoms with Gasteiger partial charge in [-0.3, -0.25) is 0 Å². The monoisotopic (exact) mass is 412 g/mol. The highest BCUT2D eigenvalue weighted by Gasteiger charge is 2.61. The summed E-state index contributed by atoms with van der Waals surface area (Å²) in [6.45, 7) is 11.1. The second-order valence-electron chi connectivity index (χ2n) is 10.8. The molecule has 0 saturated heterocycles. The molecule has 1 aliphatic heterocycles. The van der Waals surface area contributed by atoms with Crippen molar-refractivity contribution in [3.63, 3.8) is 0 Å². The number of carboxylic acid groups (broad SMARTS) is 1. The lowest BCUT2D eigenvalue weighted by Crippen LogP contribution is -2.45. The highest BCUT2D eigenvalue weighted by Crippen LogP contribution is 2.68. The third kappa shape index (κ3) is 3.23. The molecular weight excluding hydrogens is 376 g/mol. The molecule has 1 aromatic carbocycles. The number of carbonyl (C=O) groups is 1. The minimum atomic E-state index is -0.858. The minimum Gasteiger partial charge on any atom is -0.508 e. The molecule has 4 rings (SSSR count). The van der Waals surface area contributed by atoms with Gasteiger partial charge in [0.15, 0.2) is 0 Å². The number of rotatable bonds is 6. The van der Waals surface area contributed by atoms with Crippen LogP contribution in [-0.2, 0) is 10.2 Å². The van der Waals surface area contributed by atoms with Crippen molar-refractivity contribution in [2.75, 3.05) is 0 Å². The first kappa shape index (κ1) is 21.3. The number of unbranched alkanes of at least 4 members (excludes halogenated alkanes) is 2. The molecule has 4 nitrogen and oxygen atoms in total. The summed E-state index contributed by atoms with van der Waals surface area (Å²) in [5.41, 5.74) is 2.30. The molecule has 3 unspecified atom stereocenters. The molecule has 30 heavy (non-hydrogen) atoms. The zero-order valence-corrected chi connectivity index (χ0v) is 19.0. The Morgan fingerprint density at radius 1 is 1.20 bits per heavy atom. The minimum absolute atomic E-state index is 0.0307. The van der Waals surface area contributed by atoms with E-state index in [1.54, 1.807) is 0 Å². The van der Waals surface area contributed by atoms with Crippen LogP contribution in [0.3, 0.4) is 0 Å². The fraction of sp³-hybridized carbons (Fsp3) is 0.654. The fourth-order valence-electron chi connectivity index (χ4n) is 6.20. The average Bonchev–Trinajstić information content (AvgIpc) is 3.23. The zero-order chi connectivity index (χ0) is 21.9. The van der Waals surface area contributed by atoms with E-state index in [0.29, 0.717) is 18.4 Å². The number of fused-ring (bicyclic) bond motifs is 3. The maximum atomic E-state index is 11.6. The molecule has 1 heterocycles. The fourth-order valence-corrected chi connectivity index (χ4v) is 6.20. The molecule has 0 bridgehead atoms. The Morgan fingerprint density at radius 2 is 1.93 bits per heavy atom. The molecule has 2 N–H and O–H groups in total. The van der Waals surface area contributed by atoms with Crippen LogP contribution in [0.2, 0.25) is 0 Å². The predicted molar refractivity (Wildman–Crippen MR) is 118 cm³/mol. The summed E-state index contributed by atoms with van der Waals surface area (Å²) in [6, 6.07) is 4.07. The number of benzene rings is 1. The zero-order valence-electron chi connectivity index (χ0n) is 19.0. The van der Waals surface area contributed by atoms with E-state index in [1.165, 1.54) is 25.7 Å². The Labute approximate surface area is 180 Å². The molecule has 1 aromatic rings. The number of ether oxygens (including phenoxy) is 1. The number of allylic oxidation sites excluding steroid dienone is 1. The molecular formula is C26H36O4. The van der Waals surface area contributed by atoms with Gasteiger partial charge in [-0.1, -0.05) is 46.1 Å². The number of phenolic OH excluding ortho intramolecular Hbond substituents is 1. The van der Waals surface area contributed by atoms with Crippen molar-refractivity contribution in [3.8, 4) is 11.5 Å². The lowest BCUT2D eigenvalue weighted by Gasteiger charge is -2.47. The second-order valence-corrected chi connectivity index (χ2v) is 10.8. The van der Waals surface area contributed by atoms with Crippen LogP contribution in [-0.4, -0.2) is 21.8 Å². The van der Waals surface area contributed by atoms with Gasteiger partial charge in [-0.15, -0.1) is 0 Å². The van der Waals surface area contributed by atoms with Gasteiger partial charge in [0.25, 0.3) is 0 Å². The lowest BCUT2D eigenvalue weighted by molar-refractivity contribution is -0.133. The molecule has 1 fully saturated rings. The summed E-state index contributed by atoms with van der Waals surface area (Å²) < 4.78 is 6.46. The Hall–Kier alpha value is -1.97. The molecule has 0 amide bonds. The van der Waals surface area contributed by atoms with E-state index >= 15 is 0 Å². The molecule has 1 saturated carbocycles. The van der Waals surface area contributed by atoms with Crippen LogP contribution < -0.4 is 4.74 Å². The standard InChI is InChI=1S/C26H36O4/c1-6-7-8-11-25(4)15-26(25,5)17-13-20(27)22-18-12-16(23(28)29)9-10-19(18)24(2,3)30-21(22)14-17/h9,13-14,18-19,27H,6-8,10-12,15H2,1-5H3,(H,28,29)/t18-,19?,25?,26?/m1/s1. The van der Waals surface area contributed by atoms with Crippen molar-refractivity contribution >= 4 is 5.97 Å². The molecule has 0 aromatic heterocycles. The first-order chi connectivity index (χ1) is 14.0. The van der Waals surface area contributed by atoms with Gasteiger partial charge in [0.1, 0.15) is 17.1 Å². The average molecular weight is 413 g/mol.